The van der Waals surface area contributed by atoms with Gasteiger partial charge in [-0.25, -0.2) is 18.1 Å². The van der Waals surface area contributed by atoms with Crippen molar-refractivity contribution in [3.63, 3.8) is 0 Å². The number of benzene rings is 1. The number of thiophene rings is 1. The van der Waals surface area contributed by atoms with E-state index in [1.54, 1.807) is 17.4 Å². The standard InChI is InChI=1S/C22H21N3O3S2/c1-3-30(27,28)25-22(26)19-6-4-5-16(23-19)12-18-17-8-7-14(2)11-20(17)24-21(18)15-9-10-29-13-15/h4-11,13,24H,3,12H2,1-2H3,(H,25,26). The highest BCUT2D eigenvalue weighted by Crippen LogP contribution is 2.33. The number of aromatic nitrogens is 2. The number of nitrogens with zero attached hydrogens (tertiary/aromatic N) is 1. The van der Waals surface area contributed by atoms with Crippen LogP contribution in [0.1, 0.15) is 34.2 Å². The van der Waals surface area contributed by atoms with E-state index in [1.807, 2.05) is 16.2 Å². The van der Waals surface area contributed by atoms with Crippen LogP contribution in [0.5, 0.6) is 0 Å². The van der Waals surface area contributed by atoms with Gasteiger partial charge < -0.3 is 4.98 Å². The third-order valence-electron chi connectivity index (χ3n) is 4.90. The summed E-state index contributed by atoms with van der Waals surface area (Å²) in [7, 11) is -3.64. The van der Waals surface area contributed by atoms with Crippen molar-refractivity contribution in [3.05, 3.63) is 75.7 Å². The summed E-state index contributed by atoms with van der Waals surface area (Å²) in [6, 6.07) is 13.4. The Labute approximate surface area is 179 Å². The van der Waals surface area contributed by atoms with Gasteiger partial charge in [0.25, 0.3) is 5.91 Å². The first-order chi connectivity index (χ1) is 14.4. The molecule has 3 heterocycles. The second kappa shape index (κ2) is 8.04. The van der Waals surface area contributed by atoms with Gasteiger partial charge in [0.15, 0.2) is 0 Å². The molecule has 1 amide bonds. The Morgan fingerprint density at radius 2 is 2.03 bits per heavy atom. The average molecular weight is 440 g/mol. The molecule has 0 saturated carbocycles. The molecule has 0 saturated heterocycles. The van der Waals surface area contributed by atoms with Gasteiger partial charge in [-0.2, -0.15) is 11.3 Å². The molecule has 2 N–H and O–H groups in total. The molecule has 0 bridgehead atoms. The van der Waals surface area contributed by atoms with Gasteiger partial charge in [-0.3, -0.25) is 4.79 Å². The Morgan fingerprint density at radius 1 is 1.20 bits per heavy atom. The fraction of sp³-hybridized carbons (Fsp3) is 0.182. The van der Waals surface area contributed by atoms with Crippen molar-refractivity contribution in [2.75, 3.05) is 5.75 Å². The molecule has 4 rings (SSSR count). The first-order valence-electron chi connectivity index (χ1n) is 9.51. The van der Waals surface area contributed by atoms with Crippen LogP contribution in [0, 0.1) is 6.92 Å². The number of aryl methyl sites for hydroxylation is 1. The van der Waals surface area contributed by atoms with E-state index in [1.165, 1.54) is 18.6 Å². The van der Waals surface area contributed by atoms with Gasteiger partial charge in [0.2, 0.25) is 10.0 Å². The van der Waals surface area contributed by atoms with Crippen LogP contribution in [-0.4, -0.2) is 30.0 Å². The zero-order valence-corrected chi connectivity index (χ0v) is 18.2. The maximum Gasteiger partial charge on any atom is 0.283 e. The number of amides is 1. The zero-order valence-electron chi connectivity index (χ0n) is 16.6. The summed E-state index contributed by atoms with van der Waals surface area (Å²) in [5.41, 5.74) is 6.21. The van der Waals surface area contributed by atoms with Crippen molar-refractivity contribution in [3.8, 4) is 11.3 Å². The molecular formula is C22H21N3O3S2. The Balaban J connectivity index is 1.73. The van der Waals surface area contributed by atoms with Crippen molar-refractivity contribution in [1.82, 2.24) is 14.7 Å². The van der Waals surface area contributed by atoms with E-state index in [2.05, 4.69) is 46.5 Å². The molecule has 0 radical (unpaired) electrons. The number of hydrogen-bond donors (Lipinski definition) is 2. The lowest BCUT2D eigenvalue weighted by molar-refractivity contribution is 0.0976. The number of sulfonamides is 1. The Morgan fingerprint density at radius 3 is 2.77 bits per heavy atom. The minimum absolute atomic E-state index is 0.0808. The molecule has 0 aliphatic rings. The Hall–Kier alpha value is -2.97. The Kier molecular flexibility index (Phi) is 5.44. The third-order valence-corrected chi connectivity index (χ3v) is 6.84. The summed E-state index contributed by atoms with van der Waals surface area (Å²) in [6.45, 7) is 3.53. The van der Waals surface area contributed by atoms with Crippen LogP contribution >= 0.6 is 11.3 Å². The van der Waals surface area contributed by atoms with Crippen molar-refractivity contribution in [2.45, 2.75) is 20.3 Å². The van der Waals surface area contributed by atoms with Crippen molar-refractivity contribution >= 4 is 38.2 Å². The molecule has 0 spiro atoms. The minimum Gasteiger partial charge on any atom is -0.354 e. The van der Waals surface area contributed by atoms with Gasteiger partial charge in [0.05, 0.1) is 11.4 Å². The van der Waals surface area contributed by atoms with Gasteiger partial charge in [-0.1, -0.05) is 18.2 Å². The van der Waals surface area contributed by atoms with Crippen LogP contribution in [0.2, 0.25) is 0 Å². The summed E-state index contributed by atoms with van der Waals surface area (Å²) in [5, 5.41) is 5.23. The third kappa shape index (κ3) is 4.15. The van der Waals surface area contributed by atoms with E-state index in [4.69, 9.17) is 0 Å². The first kappa shape index (κ1) is 20.3. The number of hydrogen-bond acceptors (Lipinski definition) is 5. The number of rotatable bonds is 6. The van der Waals surface area contributed by atoms with Crippen LogP contribution in [0.4, 0.5) is 0 Å². The number of nitrogens with one attached hydrogen (secondary N) is 2. The summed E-state index contributed by atoms with van der Waals surface area (Å²) in [5.74, 6) is -0.886. The molecule has 0 fully saturated rings. The highest BCUT2D eigenvalue weighted by atomic mass is 32.2. The topological polar surface area (TPSA) is 91.9 Å². The molecule has 1 aromatic carbocycles. The van der Waals surface area contributed by atoms with Gasteiger partial charge in [-0.15, -0.1) is 0 Å². The number of aromatic amines is 1. The van der Waals surface area contributed by atoms with E-state index in [-0.39, 0.29) is 11.4 Å². The van der Waals surface area contributed by atoms with E-state index >= 15 is 0 Å². The van der Waals surface area contributed by atoms with Gasteiger partial charge in [0, 0.05) is 34.0 Å². The van der Waals surface area contributed by atoms with Crippen LogP contribution in [0.3, 0.4) is 0 Å². The number of fused-ring (bicyclic) bond motifs is 1. The van der Waals surface area contributed by atoms with E-state index in [0.717, 1.165) is 27.7 Å². The van der Waals surface area contributed by atoms with Crippen molar-refractivity contribution in [1.29, 1.82) is 0 Å². The van der Waals surface area contributed by atoms with Crippen LogP contribution in [-0.2, 0) is 16.4 Å². The second-order valence-corrected chi connectivity index (χ2v) is 9.86. The van der Waals surface area contributed by atoms with Crippen LogP contribution in [0.15, 0.2) is 53.2 Å². The molecule has 0 aliphatic heterocycles. The number of carbonyl (C=O) groups is 1. The fourth-order valence-electron chi connectivity index (χ4n) is 3.36. The normalized spacial score (nSPS) is 11.7. The van der Waals surface area contributed by atoms with Gasteiger partial charge in [0.1, 0.15) is 5.69 Å². The SMILES string of the molecule is CCS(=O)(=O)NC(=O)c1cccc(Cc2c(-c3ccsc3)[nH]c3cc(C)ccc23)n1. The number of H-pyrrole nitrogens is 1. The molecule has 154 valence electrons. The number of pyridine rings is 1. The molecule has 3 aromatic heterocycles. The van der Waals surface area contributed by atoms with Crippen LogP contribution in [0.25, 0.3) is 22.2 Å². The maximum absolute atomic E-state index is 12.3. The zero-order chi connectivity index (χ0) is 21.3. The second-order valence-electron chi connectivity index (χ2n) is 7.07. The summed E-state index contributed by atoms with van der Waals surface area (Å²) in [4.78, 5) is 20.3. The number of carbonyl (C=O) groups excluding carboxylic acids is 1. The van der Waals surface area contributed by atoms with Crippen molar-refractivity contribution < 1.29 is 13.2 Å². The average Bonchev–Trinajstić information content (AvgIpc) is 3.36. The molecule has 30 heavy (non-hydrogen) atoms. The lowest BCUT2D eigenvalue weighted by Crippen LogP contribution is -2.32. The molecule has 0 aliphatic carbocycles. The monoisotopic (exact) mass is 439 g/mol. The molecule has 8 heteroatoms. The molecular weight excluding hydrogens is 418 g/mol. The van der Waals surface area contributed by atoms with Gasteiger partial charge >= 0.3 is 0 Å². The lowest BCUT2D eigenvalue weighted by atomic mass is 10.0. The predicted molar refractivity (Wildman–Crippen MR) is 120 cm³/mol. The molecule has 6 nitrogen and oxygen atoms in total. The van der Waals surface area contributed by atoms with Crippen LogP contribution < -0.4 is 4.72 Å². The fourth-order valence-corrected chi connectivity index (χ4v) is 4.54. The lowest BCUT2D eigenvalue weighted by Gasteiger charge is -2.07. The Bertz CT molecular complexity index is 1320. The highest BCUT2D eigenvalue weighted by Gasteiger charge is 2.18. The quantitative estimate of drug-likeness (QED) is 0.469. The smallest absolute Gasteiger partial charge is 0.283 e. The highest BCUT2D eigenvalue weighted by molar-refractivity contribution is 7.90. The molecule has 4 aromatic rings. The largest absolute Gasteiger partial charge is 0.354 e. The molecule has 0 unspecified atom stereocenters. The van der Waals surface area contributed by atoms with E-state index in [9.17, 15) is 13.2 Å². The summed E-state index contributed by atoms with van der Waals surface area (Å²) >= 11 is 1.63. The molecule has 0 atom stereocenters. The minimum atomic E-state index is -3.64. The van der Waals surface area contributed by atoms with Gasteiger partial charge in [-0.05, 0) is 54.6 Å². The van der Waals surface area contributed by atoms with E-state index in [0.29, 0.717) is 12.1 Å². The first-order valence-corrected chi connectivity index (χ1v) is 12.1. The summed E-state index contributed by atoms with van der Waals surface area (Å²) < 4.78 is 25.5. The summed E-state index contributed by atoms with van der Waals surface area (Å²) in [6.07, 6.45) is 0.510. The van der Waals surface area contributed by atoms with Crippen molar-refractivity contribution in [2.24, 2.45) is 0 Å². The predicted octanol–water partition coefficient (Wildman–Crippen LogP) is 4.27. The van der Waals surface area contributed by atoms with E-state index < -0.39 is 15.9 Å². The maximum atomic E-state index is 12.3.